The fourth-order valence-corrected chi connectivity index (χ4v) is 6.06. The summed E-state index contributed by atoms with van der Waals surface area (Å²) in [5.41, 5.74) is 8.03. The SMILES string of the molecule is c1ccc(-c2nc(-c3ccccc3)nc(-c3cccc(-c4ccc5cc(-c6nccc7c6oc6ccccc67)ncc5c4)c3)n2)cc1. The van der Waals surface area contributed by atoms with Crippen LogP contribution in [0.25, 0.3) is 89.4 Å². The molecule has 0 radical (unpaired) electrons. The maximum atomic E-state index is 6.22. The number of benzene rings is 5. The van der Waals surface area contributed by atoms with Crippen LogP contribution in [-0.2, 0) is 0 Å². The first kappa shape index (κ1) is 26.8. The van der Waals surface area contributed by atoms with Crippen LogP contribution in [0.4, 0.5) is 0 Å². The zero-order chi connectivity index (χ0) is 31.2. The molecular formula is C41H25N5O. The van der Waals surface area contributed by atoms with Gasteiger partial charge < -0.3 is 4.42 Å². The van der Waals surface area contributed by atoms with Crippen molar-refractivity contribution < 1.29 is 4.42 Å². The van der Waals surface area contributed by atoms with E-state index >= 15 is 0 Å². The molecule has 0 N–H and O–H groups in total. The van der Waals surface area contributed by atoms with Gasteiger partial charge in [-0.05, 0) is 46.8 Å². The third-order valence-electron chi connectivity index (χ3n) is 8.41. The van der Waals surface area contributed by atoms with Gasteiger partial charge >= 0.3 is 0 Å². The zero-order valence-corrected chi connectivity index (χ0v) is 25.1. The summed E-state index contributed by atoms with van der Waals surface area (Å²) in [5, 5.41) is 4.21. The van der Waals surface area contributed by atoms with Gasteiger partial charge in [0.15, 0.2) is 23.1 Å². The minimum atomic E-state index is 0.624. The van der Waals surface area contributed by atoms with Crippen molar-refractivity contribution in [3.8, 4) is 56.7 Å². The average molecular weight is 604 g/mol. The van der Waals surface area contributed by atoms with Crippen molar-refractivity contribution in [2.24, 2.45) is 0 Å². The molecular weight excluding hydrogens is 578 g/mol. The first-order valence-electron chi connectivity index (χ1n) is 15.4. The third kappa shape index (κ3) is 4.89. The Labute approximate surface area is 270 Å². The molecule has 0 fully saturated rings. The van der Waals surface area contributed by atoms with Crippen LogP contribution in [-0.4, -0.2) is 24.9 Å². The lowest BCUT2D eigenvalue weighted by Crippen LogP contribution is -2.00. The Morgan fingerprint density at radius 3 is 1.83 bits per heavy atom. The number of hydrogen-bond acceptors (Lipinski definition) is 6. The second kappa shape index (κ2) is 11.1. The number of furan rings is 1. The smallest absolute Gasteiger partial charge is 0.164 e. The second-order valence-electron chi connectivity index (χ2n) is 11.4. The van der Waals surface area contributed by atoms with Gasteiger partial charge in [-0.3, -0.25) is 9.97 Å². The Hall–Kier alpha value is -6.53. The van der Waals surface area contributed by atoms with Gasteiger partial charge in [-0.15, -0.1) is 0 Å². The molecule has 0 aliphatic carbocycles. The molecule has 220 valence electrons. The van der Waals surface area contributed by atoms with Gasteiger partial charge in [-0.2, -0.15) is 0 Å². The van der Waals surface area contributed by atoms with E-state index in [0.29, 0.717) is 17.5 Å². The molecule has 0 aliphatic rings. The fourth-order valence-electron chi connectivity index (χ4n) is 6.06. The predicted octanol–water partition coefficient (Wildman–Crippen LogP) is 10.0. The number of rotatable bonds is 5. The van der Waals surface area contributed by atoms with Crippen LogP contribution in [0.2, 0.25) is 0 Å². The number of fused-ring (bicyclic) bond motifs is 4. The van der Waals surface area contributed by atoms with Crippen LogP contribution in [0.5, 0.6) is 0 Å². The lowest BCUT2D eigenvalue weighted by molar-refractivity contribution is 0.668. The fraction of sp³-hybridized carbons (Fsp3) is 0. The van der Waals surface area contributed by atoms with E-state index in [-0.39, 0.29) is 0 Å². The Morgan fingerprint density at radius 1 is 0.426 bits per heavy atom. The number of pyridine rings is 2. The highest BCUT2D eigenvalue weighted by atomic mass is 16.3. The third-order valence-corrected chi connectivity index (χ3v) is 8.41. The Balaban J connectivity index is 1.10. The number of nitrogens with zero attached hydrogens (tertiary/aromatic N) is 5. The van der Waals surface area contributed by atoms with Crippen LogP contribution >= 0.6 is 0 Å². The normalized spacial score (nSPS) is 11.4. The van der Waals surface area contributed by atoms with E-state index in [9.17, 15) is 0 Å². The Bertz CT molecular complexity index is 2520. The summed E-state index contributed by atoms with van der Waals surface area (Å²) in [7, 11) is 0. The Morgan fingerprint density at radius 2 is 1.06 bits per heavy atom. The number of aromatic nitrogens is 5. The van der Waals surface area contributed by atoms with E-state index in [1.54, 1.807) is 0 Å². The molecule has 6 heteroatoms. The molecule has 0 unspecified atom stereocenters. The van der Waals surface area contributed by atoms with E-state index in [0.717, 1.165) is 71.9 Å². The summed E-state index contributed by atoms with van der Waals surface area (Å²) in [6.07, 6.45) is 3.73. The van der Waals surface area contributed by atoms with Crippen LogP contribution < -0.4 is 0 Å². The molecule has 0 saturated heterocycles. The molecule has 0 spiro atoms. The van der Waals surface area contributed by atoms with E-state index in [4.69, 9.17) is 24.4 Å². The molecule has 0 bridgehead atoms. The van der Waals surface area contributed by atoms with Crippen molar-refractivity contribution in [3.05, 3.63) is 152 Å². The number of hydrogen-bond donors (Lipinski definition) is 0. The summed E-state index contributed by atoms with van der Waals surface area (Å²) in [4.78, 5) is 24.1. The molecule has 47 heavy (non-hydrogen) atoms. The lowest BCUT2D eigenvalue weighted by Gasteiger charge is -2.10. The van der Waals surface area contributed by atoms with Gasteiger partial charge in [0.25, 0.3) is 0 Å². The first-order valence-corrected chi connectivity index (χ1v) is 15.4. The molecule has 4 heterocycles. The van der Waals surface area contributed by atoms with Crippen molar-refractivity contribution in [1.29, 1.82) is 0 Å². The largest absolute Gasteiger partial charge is 0.454 e. The standard InChI is InChI=1S/C41H25N5O/c1-3-10-26(11-4-1)39-44-40(27-12-5-2-6-13-27)46-41(45-39)31-15-9-14-28(22-31)29-18-19-30-24-35(43-25-32(30)23-29)37-38-34(20-21-42-37)33-16-7-8-17-36(33)47-38/h1-25H. The molecule has 0 aliphatic heterocycles. The van der Waals surface area contributed by atoms with Crippen LogP contribution in [0, 0.1) is 0 Å². The molecule has 4 aromatic heterocycles. The summed E-state index contributed by atoms with van der Waals surface area (Å²) in [6.45, 7) is 0. The minimum Gasteiger partial charge on any atom is -0.454 e. The second-order valence-corrected chi connectivity index (χ2v) is 11.4. The topological polar surface area (TPSA) is 77.6 Å². The quantitative estimate of drug-likeness (QED) is 0.195. The van der Waals surface area contributed by atoms with Gasteiger partial charge in [-0.1, -0.05) is 109 Å². The predicted molar refractivity (Wildman–Crippen MR) is 187 cm³/mol. The van der Waals surface area contributed by atoms with Crippen molar-refractivity contribution in [2.45, 2.75) is 0 Å². The number of para-hydroxylation sites is 1. The molecule has 9 aromatic rings. The lowest BCUT2D eigenvalue weighted by atomic mass is 9.99. The van der Waals surface area contributed by atoms with E-state index in [1.165, 1.54) is 0 Å². The van der Waals surface area contributed by atoms with Gasteiger partial charge in [0.05, 0.1) is 5.69 Å². The molecule has 6 nitrogen and oxygen atoms in total. The molecule has 0 saturated carbocycles. The van der Waals surface area contributed by atoms with E-state index in [2.05, 4.69) is 47.4 Å². The average Bonchev–Trinajstić information content (AvgIpc) is 3.54. The van der Waals surface area contributed by atoms with Crippen LogP contribution in [0.3, 0.4) is 0 Å². The first-order chi connectivity index (χ1) is 23.3. The van der Waals surface area contributed by atoms with Crippen molar-refractivity contribution in [3.63, 3.8) is 0 Å². The monoisotopic (exact) mass is 603 g/mol. The minimum absolute atomic E-state index is 0.624. The molecule has 0 amide bonds. The highest BCUT2D eigenvalue weighted by Crippen LogP contribution is 2.35. The van der Waals surface area contributed by atoms with Crippen LogP contribution in [0.1, 0.15) is 0 Å². The molecule has 5 aromatic carbocycles. The maximum absolute atomic E-state index is 6.22. The van der Waals surface area contributed by atoms with Gasteiger partial charge in [0, 0.05) is 45.2 Å². The van der Waals surface area contributed by atoms with Crippen molar-refractivity contribution in [2.75, 3.05) is 0 Å². The molecule has 9 rings (SSSR count). The molecule has 0 atom stereocenters. The Kier molecular flexibility index (Phi) is 6.35. The van der Waals surface area contributed by atoms with Gasteiger partial charge in [0.2, 0.25) is 0 Å². The van der Waals surface area contributed by atoms with Crippen LogP contribution in [0.15, 0.2) is 156 Å². The summed E-state index contributed by atoms with van der Waals surface area (Å²) >= 11 is 0. The van der Waals surface area contributed by atoms with E-state index < -0.39 is 0 Å². The summed E-state index contributed by atoms with van der Waals surface area (Å²) in [5.74, 6) is 1.90. The maximum Gasteiger partial charge on any atom is 0.164 e. The van der Waals surface area contributed by atoms with Gasteiger partial charge in [-0.25, -0.2) is 15.0 Å². The summed E-state index contributed by atoms with van der Waals surface area (Å²) < 4.78 is 6.22. The van der Waals surface area contributed by atoms with Crippen molar-refractivity contribution in [1.82, 2.24) is 24.9 Å². The highest BCUT2D eigenvalue weighted by molar-refractivity contribution is 6.08. The summed E-state index contributed by atoms with van der Waals surface area (Å²) in [6, 6.07) is 46.9. The van der Waals surface area contributed by atoms with E-state index in [1.807, 2.05) is 109 Å². The van der Waals surface area contributed by atoms with Gasteiger partial charge in [0.1, 0.15) is 11.3 Å². The van der Waals surface area contributed by atoms with Crippen molar-refractivity contribution >= 4 is 32.7 Å². The highest BCUT2D eigenvalue weighted by Gasteiger charge is 2.16. The zero-order valence-electron chi connectivity index (χ0n) is 25.1.